The molecule has 4 heteroatoms. The molecule has 0 saturated carbocycles. The summed E-state index contributed by atoms with van der Waals surface area (Å²) in [6.45, 7) is 1.95. The average Bonchev–Trinajstić information content (AvgIpc) is 2.05. The summed E-state index contributed by atoms with van der Waals surface area (Å²) in [7, 11) is 0. The number of nitrogens with two attached hydrogens (primary N) is 1. The van der Waals surface area contributed by atoms with E-state index in [1.165, 1.54) is 0 Å². The Hall–Kier alpha value is -0.900. The molecule has 1 aliphatic heterocycles. The Morgan fingerprint density at radius 2 is 2.08 bits per heavy atom. The van der Waals surface area contributed by atoms with Crippen LogP contribution in [0.2, 0.25) is 0 Å². The Bertz CT molecular complexity index is 174. The fourth-order valence-electron chi connectivity index (χ4n) is 1.47. The molecular weight excluding hydrogens is 156 g/mol. The first-order valence-corrected chi connectivity index (χ1v) is 4.18. The van der Waals surface area contributed by atoms with Crippen molar-refractivity contribution < 1.29 is 9.59 Å². The molecule has 1 rings (SSSR count). The van der Waals surface area contributed by atoms with Crippen LogP contribution in [0.25, 0.3) is 0 Å². The molecular formula is C8H14N2O2. The van der Waals surface area contributed by atoms with Crippen molar-refractivity contribution in [2.45, 2.75) is 12.8 Å². The van der Waals surface area contributed by atoms with Crippen LogP contribution in [0.15, 0.2) is 0 Å². The van der Waals surface area contributed by atoms with Gasteiger partial charge in [-0.15, -0.1) is 0 Å². The molecule has 1 aliphatic rings. The van der Waals surface area contributed by atoms with Gasteiger partial charge in [-0.3, -0.25) is 9.69 Å². The molecule has 0 aromatic carbocycles. The topological polar surface area (TPSA) is 63.4 Å². The van der Waals surface area contributed by atoms with Crippen LogP contribution >= 0.6 is 0 Å². The van der Waals surface area contributed by atoms with Gasteiger partial charge in [0, 0.05) is 5.92 Å². The third kappa shape index (κ3) is 2.62. The summed E-state index contributed by atoms with van der Waals surface area (Å²) in [5.41, 5.74) is 5.04. The van der Waals surface area contributed by atoms with Gasteiger partial charge in [0.15, 0.2) is 0 Å². The van der Waals surface area contributed by atoms with Gasteiger partial charge in [-0.1, -0.05) is 0 Å². The zero-order valence-electron chi connectivity index (χ0n) is 7.03. The van der Waals surface area contributed by atoms with Crippen molar-refractivity contribution in [2.75, 3.05) is 19.6 Å². The van der Waals surface area contributed by atoms with Crippen LogP contribution in [0, 0.1) is 5.92 Å². The van der Waals surface area contributed by atoms with Gasteiger partial charge in [0.05, 0.1) is 6.54 Å². The number of amides is 1. The Kier molecular flexibility index (Phi) is 3.22. The molecule has 1 saturated heterocycles. The number of carbonyl (C=O) groups excluding carboxylic acids is 2. The normalized spacial score (nSPS) is 20.7. The largest absolute Gasteiger partial charge is 0.369 e. The van der Waals surface area contributed by atoms with Crippen LogP contribution < -0.4 is 5.73 Å². The van der Waals surface area contributed by atoms with Gasteiger partial charge < -0.3 is 10.5 Å². The molecule has 0 atom stereocenters. The van der Waals surface area contributed by atoms with Crippen LogP contribution in [-0.4, -0.2) is 36.7 Å². The smallest absolute Gasteiger partial charge is 0.231 e. The van der Waals surface area contributed by atoms with Crippen molar-refractivity contribution in [3.63, 3.8) is 0 Å². The van der Waals surface area contributed by atoms with Gasteiger partial charge in [0.2, 0.25) is 5.91 Å². The predicted molar refractivity (Wildman–Crippen MR) is 44.4 cm³/mol. The zero-order chi connectivity index (χ0) is 8.97. The van der Waals surface area contributed by atoms with Crippen molar-refractivity contribution in [3.8, 4) is 0 Å². The van der Waals surface area contributed by atoms with Gasteiger partial charge in [0.1, 0.15) is 6.29 Å². The predicted octanol–water partition coefficient (Wildman–Crippen LogP) is -0.617. The highest BCUT2D eigenvalue weighted by molar-refractivity contribution is 5.75. The molecule has 1 amide bonds. The van der Waals surface area contributed by atoms with E-state index in [9.17, 15) is 9.59 Å². The maximum Gasteiger partial charge on any atom is 0.231 e. The SMILES string of the molecule is NC(=O)CN1CCC(C=O)CC1. The third-order valence-corrected chi connectivity index (χ3v) is 2.20. The molecule has 0 spiro atoms. The molecule has 0 aromatic heterocycles. The Labute approximate surface area is 71.7 Å². The molecule has 0 aromatic rings. The van der Waals surface area contributed by atoms with Gasteiger partial charge in [-0.2, -0.15) is 0 Å². The van der Waals surface area contributed by atoms with E-state index in [0.717, 1.165) is 32.2 Å². The number of piperidine rings is 1. The van der Waals surface area contributed by atoms with Crippen LogP contribution in [0.4, 0.5) is 0 Å². The molecule has 0 bridgehead atoms. The number of aldehydes is 1. The molecule has 4 nitrogen and oxygen atoms in total. The number of rotatable bonds is 3. The number of primary amides is 1. The summed E-state index contributed by atoms with van der Waals surface area (Å²) in [4.78, 5) is 22.9. The highest BCUT2D eigenvalue weighted by atomic mass is 16.1. The number of hydrogen-bond donors (Lipinski definition) is 1. The van der Waals surface area contributed by atoms with Crippen molar-refractivity contribution in [1.29, 1.82) is 0 Å². The second-order valence-corrected chi connectivity index (χ2v) is 3.22. The monoisotopic (exact) mass is 170 g/mol. The van der Waals surface area contributed by atoms with Crippen LogP contribution in [0.1, 0.15) is 12.8 Å². The maximum atomic E-state index is 10.5. The second kappa shape index (κ2) is 4.21. The van der Waals surface area contributed by atoms with Crippen molar-refractivity contribution in [3.05, 3.63) is 0 Å². The minimum Gasteiger partial charge on any atom is -0.369 e. The lowest BCUT2D eigenvalue weighted by atomic mass is 9.99. The number of nitrogens with zero attached hydrogens (tertiary/aromatic N) is 1. The summed E-state index contributed by atoms with van der Waals surface area (Å²) < 4.78 is 0. The van der Waals surface area contributed by atoms with Gasteiger partial charge in [-0.25, -0.2) is 0 Å². The van der Waals surface area contributed by atoms with E-state index in [-0.39, 0.29) is 11.8 Å². The molecule has 1 fully saturated rings. The van der Waals surface area contributed by atoms with Crippen molar-refractivity contribution in [2.24, 2.45) is 11.7 Å². The summed E-state index contributed by atoms with van der Waals surface area (Å²) in [5.74, 6) is -0.103. The van der Waals surface area contributed by atoms with E-state index < -0.39 is 0 Å². The van der Waals surface area contributed by atoms with E-state index in [1.807, 2.05) is 4.90 Å². The summed E-state index contributed by atoms with van der Waals surface area (Å²) in [5, 5.41) is 0. The maximum absolute atomic E-state index is 10.5. The van der Waals surface area contributed by atoms with Gasteiger partial charge >= 0.3 is 0 Å². The van der Waals surface area contributed by atoms with Crippen LogP contribution in [-0.2, 0) is 9.59 Å². The summed E-state index contributed by atoms with van der Waals surface area (Å²) in [6.07, 6.45) is 2.72. The van der Waals surface area contributed by atoms with Crippen molar-refractivity contribution in [1.82, 2.24) is 4.90 Å². The van der Waals surface area contributed by atoms with E-state index in [2.05, 4.69) is 0 Å². The number of hydrogen-bond acceptors (Lipinski definition) is 3. The van der Waals surface area contributed by atoms with E-state index in [1.54, 1.807) is 0 Å². The van der Waals surface area contributed by atoms with Gasteiger partial charge in [-0.05, 0) is 25.9 Å². The summed E-state index contributed by atoms with van der Waals surface area (Å²) >= 11 is 0. The van der Waals surface area contributed by atoms with E-state index >= 15 is 0 Å². The zero-order valence-corrected chi connectivity index (χ0v) is 7.03. The fraction of sp³-hybridized carbons (Fsp3) is 0.750. The highest BCUT2D eigenvalue weighted by Gasteiger charge is 2.18. The molecule has 12 heavy (non-hydrogen) atoms. The first kappa shape index (κ1) is 9.19. The molecule has 2 N–H and O–H groups in total. The third-order valence-electron chi connectivity index (χ3n) is 2.20. The minimum atomic E-state index is -0.292. The van der Waals surface area contributed by atoms with Gasteiger partial charge in [0.25, 0.3) is 0 Å². The summed E-state index contributed by atoms with van der Waals surface area (Å²) in [6, 6.07) is 0. The minimum absolute atomic E-state index is 0.189. The Balaban J connectivity index is 2.26. The first-order valence-electron chi connectivity index (χ1n) is 4.18. The molecule has 0 radical (unpaired) electrons. The van der Waals surface area contributed by atoms with Crippen LogP contribution in [0.3, 0.4) is 0 Å². The van der Waals surface area contributed by atoms with E-state index in [0.29, 0.717) is 6.54 Å². The highest BCUT2D eigenvalue weighted by Crippen LogP contribution is 2.13. The number of likely N-dealkylation sites (tertiary alicyclic amines) is 1. The first-order chi connectivity index (χ1) is 5.72. The lowest BCUT2D eigenvalue weighted by Gasteiger charge is -2.28. The quantitative estimate of drug-likeness (QED) is 0.574. The molecule has 0 aliphatic carbocycles. The molecule has 1 heterocycles. The molecule has 68 valence electrons. The van der Waals surface area contributed by atoms with E-state index in [4.69, 9.17) is 5.73 Å². The van der Waals surface area contributed by atoms with Crippen LogP contribution in [0.5, 0.6) is 0 Å². The lowest BCUT2D eigenvalue weighted by molar-refractivity contribution is -0.119. The standard InChI is InChI=1S/C8H14N2O2/c9-8(12)5-10-3-1-7(6-11)2-4-10/h6-7H,1-5H2,(H2,9,12). The Morgan fingerprint density at radius 3 is 2.50 bits per heavy atom. The number of carbonyl (C=O) groups is 2. The average molecular weight is 170 g/mol. The fourth-order valence-corrected chi connectivity index (χ4v) is 1.47. The Morgan fingerprint density at radius 1 is 1.50 bits per heavy atom. The second-order valence-electron chi connectivity index (χ2n) is 3.22. The lowest BCUT2D eigenvalue weighted by Crippen LogP contribution is -2.39. The molecule has 0 unspecified atom stereocenters. The van der Waals surface area contributed by atoms with Crippen molar-refractivity contribution >= 4 is 12.2 Å².